The van der Waals surface area contributed by atoms with Crippen molar-refractivity contribution in [2.75, 3.05) is 0 Å². The van der Waals surface area contributed by atoms with Crippen LogP contribution in [-0.2, 0) is 0 Å². The quantitative estimate of drug-likeness (QED) is 0.180. The Morgan fingerprint density at radius 1 is 0.241 bits per heavy atom. The van der Waals surface area contributed by atoms with E-state index in [1.165, 1.54) is 54.7 Å². The first-order valence-electron chi connectivity index (χ1n) is 19.7. The van der Waals surface area contributed by atoms with Crippen LogP contribution in [0.25, 0.3) is 121 Å². The monoisotopic (exact) mass is 740 g/mol. The molecule has 0 aliphatic rings. The van der Waals surface area contributed by atoms with Gasteiger partial charge in [-0.3, -0.25) is 0 Å². The molecule has 4 heterocycles. The molecule has 0 spiro atoms. The van der Waals surface area contributed by atoms with Gasteiger partial charge in [0.2, 0.25) is 0 Å². The summed E-state index contributed by atoms with van der Waals surface area (Å²) in [5, 5.41) is 9.45. The molecule has 13 rings (SSSR count). The first kappa shape index (κ1) is 31.4. The Hall–Kier alpha value is -7.82. The van der Waals surface area contributed by atoms with E-state index in [9.17, 15) is 0 Å². The normalized spacial score (nSPS) is 12.1. The molecular formula is C54H32N2O2. The molecule has 9 aromatic carbocycles. The third kappa shape index (κ3) is 4.51. The zero-order valence-electron chi connectivity index (χ0n) is 31.2. The second kappa shape index (κ2) is 11.8. The fourth-order valence-corrected chi connectivity index (χ4v) is 9.44. The van der Waals surface area contributed by atoms with E-state index < -0.39 is 0 Å². The van der Waals surface area contributed by atoms with Gasteiger partial charge in [0.25, 0.3) is 0 Å². The third-order valence-corrected chi connectivity index (χ3v) is 12.1. The molecule has 4 aromatic heterocycles. The van der Waals surface area contributed by atoms with Crippen LogP contribution < -0.4 is 0 Å². The highest BCUT2D eigenvalue weighted by Crippen LogP contribution is 2.40. The van der Waals surface area contributed by atoms with E-state index in [4.69, 9.17) is 8.83 Å². The van der Waals surface area contributed by atoms with E-state index in [2.05, 4.69) is 179 Å². The Kier molecular flexibility index (Phi) is 6.41. The summed E-state index contributed by atoms with van der Waals surface area (Å²) in [5.74, 6) is 0. The van der Waals surface area contributed by atoms with E-state index >= 15 is 0 Å². The number of hydrogen-bond donors (Lipinski definition) is 0. The average Bonchev–Trinajstić information content (AvgIpc) is 4.03. The van der Waals surface area contributed by atoms with Crippen molar-refractivity contribution in [1.29, 1.82) is 0 Å². The van der Waals surface area contributed by atoms with Crippen LogP contribution in [0.2, 0.25) is 0 Å². The first-order valence-corrected chi connectivity index (χ1v) is 19.7. The van der Waals surface area contributed by atoms with Crippen molar-refractivity contribution >= 4 is 87.5 Å². The number of hydrogen-bond acceptors (Lipinski definition) is 2. The van der Waals surface area contributed by atoms with Crippen molar-refractivity contribution in [2.45, 2.75) is 0 Å². The zero-order chi connectivity index (χ0) is 37.9. The summed E-state index contributed by atoms with van der Waals surface area (Å²) < 4.78 is 17.1. The molecule has 0 saturated carbocycles. The van der Waals surface area contributed by atoms with Gasteiger partial charge < -0.3 is 18.0 Å². The number of furan rings is 2. The molecule has 0 aliphatic heterocycles. The highest BCUT2D eigenvalue weighted by atomic mass is 16.3. The molecule has 4 nitrogen and oxygen atoms in total. The molecule has 58 heavy (non-hydrogen) atoms. The minimum atomic E-state index is 0.901. The molecule has 0 atom stereocenters. The molecule has 0 unspecified atom stereocenters. The minimum absolute atomic E-state index is 0.901. The van der Waals surface area contributed by atoms with Crippen molar-refractivity contribution < 1.29 is 8.83 Å². The van der Waals surface area contributed by atoms with Gasteiger partial charge in [0.1, 0.15) is 22.3 Å². The van der Waals surface area contributed by atoms with Gasteiger partial charge in [-0.2, -0.15) is 0 Å². The number of para-hydroxylation sites is 4. The van der Waals surface area contributed by atoms with Crippen LogP contribution in [0, 0.1) is 0 Å². The SMILES string of the molecule is c1cc(-c2ccc3oc4ccccc4c3c2)cc(-n2c3ccccc3c3cc(-c4ccc5c(c4)c4ccccc4n5-c4ccc5oc6ccccc6c5c4)ccc32)c1. The van der Waals surface area contributed by atoms with Crippen LogP contribution >= 0.6 is 0 Å². The summed E-state index contributed by atoms with van der Waals surface area (Å²) in [4.78, 5) is 0. The lowest BCUT2D eigenvalue weighted by atomic mass is 10.0. The molecule has 13 aromatic rings. The van der Waals surface area contributed by atoms with Crippen molar-refractivity contribution in [3.8, 4) is 33.6 Å². The average molecular weight is 741 g/mol. The Morgan fingerprint density at radius 3 is 1.26 bits per heavy atom. The largest absolute Gasteiger partial charge is 0.456 e. The van der Waals surface area contributed by atoms with Crippen molar-refractivity contribution in [2.24, 2.45) is 0 Å². The second-order valence-corrected chi connectivity index (χ2v) is 15.3. The number of fused-ring (bicyclic) bond motifs is 12. The first-order chi connectivity index (χ1) is 28.7. The molecule has 0 aliphatic carbocycles. The van der Waals surface area contributed by atoms with Gasteiger partial charge in [-0.05, 0) is 113 Å². The smallest absolute Gasteiger partial charge is 0.135 e. The lowest BCUT2D eigenvalue weighted by Crippen LogP contribution is -1.94. The molecule has 0 saturated heterocycles. The van der Waals surface area contributed by atoms with Gasteiger partial charge in [0, 0.05) is 54.5 Å². The highest BCUT2D eigenvalue weighted by Gasteiger charge is 2.18. The molecule has 0 amide bonds. The summed E-state index contributed by atoms with van der Waals surface area (Å²) in [5.41, 5.74) is 15.3. The van der Waals surface area contributed by atoms with Crippen LogP contribution in [0.1, 0.15) is 0 Å². The van der Waals surface area contributed by atoms with Gasteiger partial charge in [0.15, 0.2) is 0 Å². The van der Waals surface area contributed by atoms with Crippen molar-refractivity contribution in [1.82, 2.24) is 9.13 Å². The maximum Gasteiger partial charge on any atom is 0.135 e. The zero-order valence-corrected chi connectivity index (χ0v) is 31.2. The molecule has 0 N–H and O–H groups in total. The van der Waals surface area contributed by atoms with Gasteiger partial charge in [-0.1, -0.05) is 103 Å². The lowest BCUT2D eigenvalue weighted by molar-refractivity contribution is 0.668. The fourth-order valence-electron chi connectivity index (χ4n) is 9.44. The van der Waals surface area contributed by atoms with E-state index in [1.54, 1.807) is 0 Å². The number of aromatic nitrogens is 2. The Labute approximate surface area is 332 Å². The maximum atomic E-state index is 6.18. The predicted octanol–water partition coefficient (Wildman–Crippen LogP) is 15.0. The molecule has 4 heteroatoms. The second-order valence-electron chi connectivity index (χ2n) is 15.3. The van der Waals surface area contributed by atoms with E-state index in [-0.39, 0.29) is 0 Å². The van der Waals surface area contributed by atoms with Crippen LogP contribution in [0.4, 0.5) is 0 Å². The highest BCUT2D eigenvalue weighted by molar-refractivity contribution is 6.13. The summed E-state index contributed by atoms with van der Waals surface area (Å²) >= 11 is 0. The third-order valence-electron chi connectivity index (χ3n) is 12.1. The fraction of sp³-hybridized carbons (Fsp3) is 0. The summed E-state index contributed by atoms with van der Waals surface area (Å²) in [6.07, 6.45) is 0. The van der Waals surface area contributed by atoms with Crippen molar-refractivity contribution in [3.63, 3.8) is 0 Å². The van der Waals surface area contributed by atoms with Gasteiger partial charge in [-0.25, -0.2) is 0 Å². The number of rotatable bonds is 4. The number of nitrogens with zero attached hydrogens (tertiary/aromatic N) is 2. The lowest BCUT2D eigenvalue weighted by Gasteiger charge is -2.11. The molecule has 0 bridgehead atoms. The minimum Gasteiger partial charge on any atom is -0.456 e. The van der Waals surface area contributed by atoms with Gasteiger partial charge in [-0.15, -0.1) is 0 Å². The van der Waals surface area contributed by atoms with Crippen LogP contribution in [0.3, 0.4) is 0 Å². The summed E-state index contributed by atoms with van der Waals surface area (Å²) in [6.45, 7) is 0. The molecule has 270 valence electrons. The van der Waals surface area contributed by atoms with E-state index in [1.807, 2.05) is 24.3 Å². The van der Waals surface area contributed by atoms with E-state index in [0.29, 0.717) is 0 Å². The Bertz CT molecular complexity index is 3820. The van der Waals surface area contributed by atoms with Gasteiger partial charge >= 0.3 is 0 Å². The van der Waals surface area contributed by atoms with Crippen molar-refractivity contribution in [3.05, 3.63) is 194 Å². The Balaban J connectivity index is 0.941. The maximum absolute atomic E-state index is 6.18. The predicted molar refractivity (Wildman–Crippen MR) is 241 cm³/mol. The molecule has 0 radical (unpaired) electrons. The molecular weight excluding hydrogens is 709 g/mol. The summed E-state index contributed by atoms with van der Waals surface area (Å²) in [6, 6.07) is 69.8. The standard InChI is InChI=1S/C54H32N2O2/c1-5-16-47-39(12-1)43-29-34(20-24-49(43)55(47)37-11-9-10-33(28-37)36-22-26-53-45(31-36)41-14-3-7-18-51(41)57-53)35-21-25-50-44(30-35)40-13-2-6-17-48(40)56(50)38-23-27-54-46(32-38)42-15-4-8-19-52(42)58-54/h1-32H. The topological polar surface area (TPSA) is 36.1 Å². The molecule has 0 fully saturated rings. The van der Waals surface area contributed by atoms with Crippen LogP contribution in [0.5, 0.6) is 0 Å². The van der Waals surface area contributed by atoms with Crippen LogP contribution in [0.15, 0.2) is 203 Å². The summed E-state index contributed by atoms with van der Waals surface area (Å²) in [7, 11) is 0. The van der Waals surface area contributed by atoms with E-state index in [0.717, 1.165) is 66.4 Å². The van der Waals surface area contributed by atoms with Crippen LogP contribution in [-0.4, -0.2) is 9.13 Å². The number of benzene rings is 9. The Morgan fingerprint density at radius 2 is 0.655 bits per heavy atom. The van der Waals surface area contributed by atoms with Gasteiger partial charge in [0.05, 0.1) is 22.1 Å².